The van der Waals surface area contributed by atoms with Gasteiger partial charge in [0, 0.05) is 17.9 Å². The van der Waals surface area contributed by atoms with Gasteiger partial charge in [-0.2, -0.15) is 0 Å². The van der Waals surface area contributed by atoms with Crippen LogP contribution in [0.15, 0.2) is 28.7 Å². The van der Waals surface area contributed by atoms with Gasteiger partial charge < -0.3 is 9.05 Å². The summed E-state index contributed by atoms with van der Waals surface area (Å²) in [5.41, 5.74) is 0.949. The van der Waals surface area contributed by atoms with Crippen LogP contribution in [0.2, 0.25) is 0 Å². The van der Waals surface area contributed by atoms with Crippen molar-refractivity contribution in [1.29, 1.82) is 0 Å². The third-order valence-electron chi connectivity index (χ3n) is 3.07. The Hall–Kier alpha value is -0.720. The lowest BCUT2D eigenvalue weighted by Gasteiger charge is -2.22. The number of carbonyl (C=O) groups is 1. The molecular formula is C16H25BrNO5P. The van der Waals surface area contributed by atoms with Crippen molar-refractivity contribution in [2.75, 3.05) is 25.9 Å². The molecule has 1 aromatic carbocycles. The Morgan fingerprint density at radius 1 is 1.25 bits per heavy atom. The Morgan fingerprint density at radius 2 is 1.92 bits per heavy atom. The van der Waals surface area contributed by atoms with Gasteiger partial charge in [-0.25, -0.2) is 5.06 Å². The molecule has 0 aliphatic heterocycles. The highest BCUT2D eigenvalue weighted by Gasteiger charge is 2.23. The average Bonchev–Trinajstić information content (AvgIpc) is 2.51. The monoisotopic (exact) mass is 421 g/mol. The Bertz CT molecular complexity index is 559. The number of benzene rings is 1. The molecule has 0 saturated carbocycles. The fourth-order valence-corrected chi connectivity index (χ4v) is 4.15. The largest absolute Gasteiger partial charge is 0.330 e. The maximum absolute atomic E-state index is 12.4. The van der Waals surface area contributed by atoms with E-state index in [2.05, 4.69) is 15.9 Å². The first kappa shape index (κ1) is 21.3. The van der Waals surface area contributed by atoms with Crippen LogP contribution in [-0.4, -0.2) is 36.9 Å². The maximum atomic E-state index is 12.4. The first-order valence-electron chi connectivity index (χ1n) is 7.93. The summed E-state index contributed by atoms with van der Waals surface area (Å²) in [6.07, 6.45) is 0.716. The summed E-state index contributed by atoms with van der Waals surface area (Å²) in [7, 11) is -3.09. The van der Waals surface area contributed by atoms with Gasteiger partial charge in [-0.05, 0) is 38.0 Å². The molecule has 0 aliphatic carbocycles. The Labute approximate surface area is 152 Å². The van der Waals surface area contributed by atoms with E-state index in [4.69, 9.17) is 13.9 Å². The highest BCUT2D eigenvalue weighted by atomic mass is 79.9. The topological polar surface area (TPSA) is 65.1 Å². The molecule has 1 aromatic rings. The second-order valence-corrected chi connectivity index (χ2v) is 8.15. The van der Waals surface area contributed by atoms with E-state index < -0.39 is 7.60 Å². The second kappa shape index (κ2) is 11.0. The molecule has 0 fully saturated rings. The summed E-state index contributed by atoms with van der Waals surface area (Å²) < 4.78 is 23.8. The van der Waals surface area contributed by atoms with E-state index >= 15 is 0 Å². The molecule has 24 heavy (non-hydrogen) atoms. The normalized spacial score (nSPS) is 11.5. The smallest absolute Gasteiger partial charge is 0.309 e. The zero-order valence-corrected chi connectivity index (χ0v) is 16.8. The summed E-state index contributed by atoms with van der Waals surface area (Å²) in [5, 5.41) is 1.28. The van der Waals surface area contributed by atoms with E-state index in [0.29, 0.717) is 26.2 Å². The van der Waals surface area contributed by atoms with Gasteiger partial charge in [-0.15, -0.1) is 0 Å². The molecule has 0 heterocycles. The van der Waals surface area contributed by atoms with Crippen molar-refractivity contribution in [3.8, 4) is 0 Å². The van der Waals surface area contributed by atoms with Crippen molar-refractivity contribution in [2.24, 2.45) is 0 Å². The molecule has 0 saturated heterocycles. The van der Waals surface area contributed by atoms with Gasteiger partial charge in [0.15, 0.2) is 0 Å². The highest BCUT2D eigenvalue weighted by molar-refractivity contribution is 9.10. The van der Waals surface area contributed by atoms with Gasteiger partial charge in [0.25, 0.3) is 0 Å². The minimum Gasteiger partial charge on any atom is -0.309 e. The number of hydrogen-bond donors (Lipinski definition) is 0. The van der Waals surface area contributed by atoms with Crippen LogP contribution in [0.25, 0.3) is 0 Å². The van der Waals surface area contributed by atoms with Gasteiger partial charge in [-0.1, -0.05) is 28.1 Å². The second-order valence-electron chi connectivity index (χ2n) is 5.05. The van der Waals surface area contributed by atoms with Gasteiger partial charge in [-0.3, -0.25) is 14.2 Å². The van der Waals surface area contributed by atoms with Crippen LogP contribution in [0.3, 0.4) is 0 Å². The van der Waals surface area contributed by atoms with Crippen LogP contribution in [0.1, 0.15) is 32.8 Å². The van der Waals surface area contributed by atoms with Gasteiger partial charge >= 0.3 is 7.60 Å². The Morgan fingerprint density at radius 3 is 2.46 bits per heavy atom. The molecule has 0 atom stereocenters. The van der Waals surface area contributed by atoms with Crippen LogP contribution < -0.4 is 0 Å². The molecule has 1 amide bonds. The first-order valence-corrected chi connectivity index (χ1v) is 10.5. The van der Waals surface area contributed by atoms with Crippen LogP contribution in [0.5, 0.6) is 0 Å². The lowest BCUT2D eigenvalue weighted by Crippen LogP contribution is -2.30. The molecule has 0 spiro atoms. The summed E-state index contributed by atoms with van der Waals surface area (Å²) in [5.74, 6) is -0.201. The number of halogens is 1. The van der Waals surface area contributed by atoms with Gasteiger partial charge in [0.2, 0.25) is 5.91 Å². The van der Waals surface area contributed by atoms with Crippen LogP contribution >= 0.6 is 23.5 Å². The fraction of sp³-hybridized carbons (Fsp3) is 0.562. The third kappa shape index (κ3) is 7.90. The molecule has 0 radical (unpaired) electrons. The predicted molar refractivity (Wildman–Crippen MR) is 96.7 cm³/mol. The molecule has 1 rings (SSSR count). The van der Waals surface area contributed by atoms with E-state index in [-0.39, 0.29) is 18.7 Å². The molecule has 136 valence electrons. The van der Waals surface area contributed by atoms with E-state index in [9.17, 15) is 9.36 Å². The van der Waals surface area contributed by atoms with E-state index in [1.165, 1.54) is 12.0 Å². The van der Waals surface area contributed by atoms with Crippen LogP contribution in [-0.2, 0) is 29.9 Å². The average molecular weight is 422 g/mol. The van der Waals surface area contributed by atoms with Crippen molar-refractivity contribution in [3.05, 3.63) is 34.3 Å². The Kier molecular flexibility index (Phi) is 9.78. The molecule has 0 N–H and O–H groups in total. The third-order valence-corrected chi connectivity index (χ3v) is 5.73. The summed E-state index contributed by atoms with van der Waals surface area (Å²) in [6.45, 7) is 6.25. The Balaban J connectivity index is 2.51. The highest BCUT2D eigenvalue weighted by Crippen LogP contribution is 2.48. The minimum atomic E-state index is -3.09. The van der Waals surface area contributed by atoms with E-state index in [1.54, 1.807) is 13.8 Å². The van der Waals surface area contributed by atoms with Crippen molar-refractivity contribution in [2.45, 2.75) is 33.8 Å². The molecule has 8 heteroatoms. The molecule has 0 bridgehead atoms. The van der Waals surface area contributed by atoms with Gasteiger partial charge in [0.1, 0.15) is 6.61 Å². The lowest BCUT2D eigenvalue weighted by molar-refractivity contribution is -0.189. The van der Waals surface area contributed by atoms with E-state index in [0.717, 1.165) is 10.0 Å². The van der Waals surface area contributed by atoms with Crippen molar-refractivity contribution in [3.63, 3.8) is 0 Å². The zero-order chi connectivity index (χ0) is 18.0. The van der Waals surface area contributed by atoms with Crippen molar-refractivity contribution < 1.29 is 23.2 Å². The number of carbonyl (C=O) groups excluding carboxylic acids is 1. The number of hydroxylamine groups is 2. The maximum Gasteiger partial charge on any atom is 0.330 e. The quantitative estimate of drug-likeness (QED) is 0.391. The molecule has 0 aromatic heterocycles. The summed E-state index contributed by atoms with van der Waals surface area (Å²) in [6, 6.07) is 7.67. The summed E-state index contributed by atoms with van der Waals surface area (Å²) >= 11 is 3.40. The number of amides is 1. The zero-order valence-electron chi connectivity index (χ0n) is 14.4. The van der Waals surface area contributed by atoms with Crippen LogP contribution in [0.4, 0.5) is 0 Å². The van der Waals surface area contributed by atoms with Crippen molar-refractivity contribution >= 4 is 29.4 Å². The van der Waals surface area contributed by atoms with E-state index in [1.807, 2.05) is 24.3 Å². The predicted octanol–water partition coefficient (Wildman–Crippen LogP) is 4.39. The summed E-state index contributed by atoms with van der Waals surface area (Å²) in [4.78, 5) is 17.3. The minimum absolute atomic E-state index is 0.201. The van der Waals surface area contributed by atoms with Crippen molar-refractivity contribution in [1.82, 2.24) is 5.06 Å². The molecular weight excluding hydrogens is 397 g/mol. The van der Waals surface area contributed by atoms with Gasteiger partial charge in [0.05, 0.1) is 19.4 Å². The SMILES string of the molecule is CCOP(=O)(CCCN(OCc1cccc(Br)c1)C(C)=O)OCC. The number of rotatable bonds is 11. The fourth-order valence-electron chi connectivity index (χ4n) is 2.06. The first-order chi connectivity index (χ1) is 11.4. The lowest BCUT2D eigenvalue weighted by atomic mass is 10.2. The molecule has 0 unspecified atom stereocenters. The number of nitrogens with zero attached hydrogens (tertiary/aromatic N) is 1. The molecule has 6 nitrogen and oxygen atoms in total. The van der Waals surface area contributed by atoms with Crippen LogP contribution in [0, 0.1) is 0 Å². The molecule has 0 aliphatic rings. The standard InChI is InChI=1S/C16H25BrNO5P/c1-4-22-24(20,23-5-2)11-7-10-18(14(3)19)21-13-15-8-6-9-16(17)12-15/h6,8-9,12H,4-5,7,10-11,13H2,1-3H3. The number of hydrogen-bond acceptors (Lipinski definition) is 5.